The molecule has 0 atom stereocenters. The molecule has 1 heterocycles. The van der Waals surface area contributed by atoms with Crippen molar-refractivity contribution in [3.63, 3.8) is 0 Å². The number of ether oxygens (including phenoxy) is 1. The monoisotopic (exact) mass is 391 g/mol. The van der Waals surface area contributed by atoms with Crippen LogP contribution in [0.3, 0.4) is 0 Å². The number of thiocarbonyl (C=S) groups is 1. The van der Waals surface area contributed by atoms with Crippen molar-refractivity contribution in [2.75, 3.05) is 6.61 Å². The maximum atomic E-state index is 12.3. The fourth-order valence-corrected chi connectivity index (χ4v) is 2.69. The van der Waals surface area contributed by atoms with Gasteiger partial charge in [-0.25, -0.2) is 0 Å². The highest BCUT2D eigenvalue weighted by Gasteiger charge is 2.11. The highest BCUT2D eigenvalue weighted by Crippen LogP contribution is 2.14. The van der Waals surface area contributed by atoms with E-state index in [1.165, 1.54) is 11.3 Å². The molecule has 1 aromatic carbocycles. The average Bonchev–Trinajstić information content (AvgIpc) is 3.14. The second kappa shape index (κ2) is 9.88. The summed E-state index contributed by atoms with van der Waals surface area (Å²) >= 11 is 6.33. The van der Waals surface area contributed by atoms with Crippen molar-refractivity contribution in [2.24, 2.45) is 5.92 Å². The molecule has 0 aliphatic carbocycles. The lowest BCUT2D eigenvalue weighted by molar-refractivity contribution is 0.0938. The van der Waals surface area contributed by atoms with Crippen molar-refractivity contribution >= 4 is 40.5 Å². The first kappa shape index (κ1) is 19.9. The molecule has 0 aliphatic heterocycles. The van der Waals surface area contributed by atoms with Crippen molar-refractivity contribution in [3.8, 4) is 5.75 Å². The summed E-state index contributed by atoms with van der Waals surface area (Å²) in [6.07, 6.45) is 0.939. The number of carbonyl (C=O) groups is 2. The van der Waals surface area contributed by atoms with Crippen LogP contribution in [0.1, 0.15) is 40.3 Å². The maximum absolute atomic E-state index is 12.3. The number of carbonyl (C=O) groups excluding carboxylic acids is 2. The molecule has 2 rings (SSSR count). The van der Waals surface area contributed by atoms with E-state index in [2.05, 4.69) is 30.0 Å². The molecule has 0 saturated carbocycles. The number of nitrogens with one attached hydrogen (secondary N) is 3. The summed E-state index contributed by atoms with van der Waals surface area (Å²) in [4.78, 5) is 24.6. The lowest BCUT2D eigenvalue weighted by Crippen LogP contribution is -2.48. The molecule has 0 radical (unpaired) electrons. The number of hydrogen-bond donors (Lipinski definition) is 3. The van der Waals surface area contributed by atoms with Crippen molar-refractivity contribution in [1.82, 2.24) is 16.2 Å². The predicted molar refractivity (Wildman–Crippen MR) is 106 cm³/mol. The third kappa shape index (κ3) is 6.45. The van der Waals surface area contributed by atoms with E-state index in [1.807, 2.05) is 0 Å². The fourth-order valence-electron chi connectivity index (χ4n) is 1.93. The third-order valence-corrected chi connectivity index (χ3v) is 4.39. The first-order valence-corrected chi connectivity index (χ1v) is 9.42. The number of thiophene rings is 1. The van der Waals surface area contributed by atoms with E-state index in [4.69, 9.17) is 17.0 Å². The zero-order valence-corrected chi connectivity index (χ0v) is 16.2. The highest BCUT2D eigenvalue weighted by atomic mass is 32.1. The molecule has 2 amide bonds. The molecule has 138 valence electrons. The Morgan fingerprint density at radius 1 is 1.15 bits per heavy atom. The van der Waals surface area contributed by atoms with Crippen molar-refractivity contribution in [2.45, 2.75) is 20.3 Å². The van der Waals surface area contributed by atoms with E-state index in [1.54, 1.807) is 41.8 Å². The molecule has 0 saturated heterocycles. The minimum absolute atomic E-state index is 0.00559. The van der Waals surface area contributed by atoms with Crippen LogP contribution >= 0.6 is 23.6 Å². The second-order valence-electron chi connectivity index (χ2n) is 5.90. The van der Waals surface area contributed by atoms with Crippen LogP contribution in [-0.2, 0) is 0 Å². The largest absolute Gasteiger partial charge is 0.494 e. The van der Waals surface area contributed by atoms with Crippen LogP contribution < -0.4 is 20.9 Å². The Morgan fingerprint density at radius 3 is 2.65 bits per heavy atom. The minimum atomic E-state index is -0.387. The van der Waals surface area contributed by atoms with Gasteiger partial charge in [0, 0.05) is 5.56 Å². The summed E-state index contributed by atoms with van der Waals surface area (Å²) in [5, 5.41) is 4.32. The van der Waals surface area contributed by atoms with Gasteiger partial charge in [0.25, 0.3) is 11.8 Å². The molecule has 26 heavy (non-hydrogen) atoms. The topological polar surface area (TPSA) is 79.5 Å². The van der Waals surface area contributed by atoms with E-state index in [9.17, 15) is 9.59 Å². The maximum Gasteiger partial charge on any atom is 0.279 e. The lowest BCUT2D eigenvalue weighted by Gasteiger charge is -2.11. The van der Waals surface area contributed by atoms with E-state index in [0.717, 1.165) is 6.42 Å². The molecule has 6 nitrogen and oxygen atoms in total. The fraction of sp³-hybridized carbons (Fsp3) is 0.278. The number of hydrazine groups is 1. The van der Waals surface area contributed by atoms with E-state index >= 15 is 0 Å². The number of amides is 2. The summed E-state index contributed by atoms with van der Waals surface area (Å²) in [5.74, 6) is 0.469. The summed E-state index contributed by atoms with van der Waals surface area (Å²) in [7, 11) is 0. The molecular weight excluding hydrogens is 370 g/mol. The van der Waals surface area contributed by atoms with Gasteiger partial charge >= 0.3 is 0 Å². The first-order chi connectivity index (χ1) is 12.5. The van der Waals surface area contributed by atoms with Crippen LogP contribution in [0.15, 0.2) is 41.8 Å². The van der Waals surface area contributed by atoms with Crippen molar-refractivity contribution in [3.05, 3.63) is 52.2 Å². The molecule has 0 fully saturated rings. The Bertz CT molecular complexity index is 761. The summed E-state index contributed by atoms with van der Waals surface area (Å²) in [6, 6.07) is 10.3. The molecule has 8 heteroatoms. The Hall–Kier alpha value is -2.45. The minimum Gasteiger partial charge on any atom is -0.494 e. The Labute approximate surface area is 161 Å². The molecule has 3 N–H and O–H groups in total. The van der Waals surface area contributed by atoms with Crippen LogP contribution in [0.2, 0.25) is 0 Å². The van der Waals surface area contributed by atoms with E-state index in [0.29, 0.717) is 28.7 Å². The van der Waals surface area contributed by atoms with Crippen LogP contribution in [0.25, 0.3) is 0 Å². The summed E-state index contributed by atoms with van der Waals surface area (Å²) in [6.45, 7) is 4.84. The molecule has 0 unspecified atom stereocenters. The smallest absolute Gasteiger partial charge is 0.279 e. The number of benzene rings is 1. The third-order valence-electron chi connectivity index (χ3n) is 3.32. The van der Waals surface area contributed by atoms with Crippen LogP contribution in [0.4, 0.5) is 0 Å². The molecular formula is C18H21N3O3S2. The van der Waals surface area contributed by atoms with Gasteiger partial charge in [-0.2, -0.15) is 0 Å². The van der Waals surface area contributed by atoms with Crippen LogP contribution in [0.5, 0.6) is 5.75 Å². The van der Waals surface area contributed by atoms with Gasteiger partial charge in [-0.3, -0.25) is 25.8 Å². The van der Waals surface area contributed by atoms with Gasteiger partial charge < -0.3 is 4.74 Å². The predicted octanol–water partition coefficient (Wildman–Crippen LogP) is 3.12. The highest BCUT2D eigenvalue weighted by molar-refractivity contribution is 7.80. The SMILES string of the molecule is CC(C)CCOc1cccc(C(=O)NC(=S)NNC(=O)c2cccs2)c1. The molecule has 2 aromatic rings. The van der Waals surface area contributed by atoms with Crippen molar-refractivity contribution in [1.29, 1.82) is 0 Å². The van der Waals surface area contributed by atoms with Gasteiger partial charge in [-0.1, -0.05) is 26.0 Å². The summed E-state index contributed by atoms with van der Waals surface area (Å²) in [5.41, 5.74) is 5.36. The van der Waals surface area contributed by atoms with Crippen molar-refractivity contribution < 1.29 is 14.3 Å². The zero-order valence-electron chi connectivity index (χ0n) is 14.6. The normalized spacial score (nSPS) is 10.3. The zero-order chi connectivity index (χ0) is 18.9. The van der Waals surface area contributed by atoms with E-state index in [-0.39, 0.29) is 16.9 Å². The average molecular weight is 392 g/mol. The van der Waals surface area contributed by atoms with Gasteiger partial charge in [0.2, 0.25) is 0 Å². The molecule has 0 aliphatic rings. The van der Waals surface area contributed by atoms with Gasteiger partial charge in [0.05, 0.1) is 11.5 Å². The quantitative estimate of drug-likeness (QED) is 0.521. The standard InChI is InChI=1S/C18H21N3O3S2/c1-12(2)8-9-24-14-6-3-5-13(11-14)16(22)19-18(25)21-20-17(23)15-7-4-10-26-15/h3-7,10-12H,8-9H2,1-2H3,(H,20,23)(H2,19,21,22,25). The van der Waals surface area contributed by atoms with Gasteiger partial charge in [0.15, 0.2) is 5.11 Å². The van der Waals surface area contributed by atoms with Gasteiger partial charge in [-0.15, -0.1) is 11.3 Å². The first-order valence-electron chi connectivity index (χ1n) is 8.13. The number of rotatable bonds is 6. The van der Waals surface area contributed by atoms with Gasteiger partial charge in [0.1, 0.15) is 5.75 Å². The van der Waals surface area contributed by atoms with Crippen LogP contribution in [0, 0.1) is 5.92 Å². The molecule has 0 bridgehead atoms. The molecule has 1 aromatic heterocycles. The van der Waals surface area contributed by atoms with E-state index < -0.39 is 0 Å². The lowest BCUT2D eigenvalue weighted by atomic mass is 10.1. The molecule has 0 spiro atoms. The second-order valence-corrected chi connectivity index (χ2v) is 7.25. The Kier molecular flexibility index (Phi) is 7.55. The van der Waals surface area contributed by atoms with Crippen LogP contribution in [-0.4, -0.2) is 23.5 Å². The Morgan fingerprint density at radius 2 is 1.96 bits per heavy atom. The Balaban J connectivity index is 1.82. The summed E-state index contributed by atoms with van der Waals surface area (Å²) < 4.78 is 5.65. The van der Waals surface area contributed by atoms with Gasteiger partial charge in [-0.05, 0) is 54.2 Å². The number of hydrogen-bond acceptors (Lipinski definition) is 5.